The highest BCUT2D eigenvalue weighted by Gasteiger charge is 2.09. The predicted molar refractivity (Wildman–Crippen MR) is 73.5 cm³/mol. The number of hydrogen-bond acceptors (Lipinski definition) is 2. The number of hydrogen-bond donors (Lipinski definition) is 2. The van der Waals surface area contributed by atoms with Crippen molar-refractivity contribution in [2.75, 3.05) is 4.72 Å². The molecule has 0 aliphatic rings. The molecule has 3 N–H and O–H groups in total. The Balaban J connectivity index is 2.25. The fraction of sp³-hybridized carbons (Fsp3) is 0. The van der Waals surface area contributed by atoms with Crippen molar-refractivity contribution in [2.45, 2.75) is 9.79 Å². The molecule has 1 unspecified atom stereocenters. The van der Waals surface area contributed by atoms with Gasteiger partial charge in [-0.05, 0) is 24.3 Å². The van der Waals surface area contributed by atoms with Gasteiger partial charge in [-0.2, -0.15) is 0 Å². The van der Waals surface area contributed by atoms with Crippen LogP contribution in [0.2, 0.25) is 0 Å². The summed E-state index contributed by atoms with van der Waals surface area (Å²) < 4.78 is 26.2. The zero-order valence-corrected chi connectivity index (χ0v) is 11.0. The van der Waals surface area contributed by atoms with E-state index in [1.54, 1.807) is 36.4 Å². The van der Waals surface area contributed by atoms with E-state index >= 15 is 0 Å². The lowest BCUT2D eigenvalue weighted by atomic mass is 10.3. The zero-order valence-electron chi connectivity index (χ0n) is 9.41. The Morgan fingerprint density at radius 1 is 0.889 bits per heavy atom. The summed E-state index contributed by atoms with van der Waals surface area (Å²) >= 11 is 0. The third-order valence-corrected chi connectivity index (χ3v) is 4.16. The van der Waals surface area contributed by atoms with Crippen LogP contribution in [0.1, 0.15) is 0 Å². The molecule has 0 spiro atoms. The van der Waals surface area contributed by atoms with Gasteiger partial charge in [-0.25, -0.2) is 13.6 Å². The number of rotatable bonds is 4. The molecular weight excluding hydrogens is 268 g/mol. The fourth-order valence-corrected chi connectivity index (χ4v) is 2.94. The van der Waals surface area contributed by atoms with Crippen LogP contribution in [0.25, 0.3) is 0 Å². The molecule has 0 aliphatic carbocycles. The first-order valence-corrected chi connectivity index (χ1v) is 7.53. The maximum atomic E-state index is 12.0. The Morgan fingerprint density at radius 3 is 2.17 bits per heavy atom. The third kappa shape index (κ3) is 3.04. The first-order chi connectivity index (χ1) is 8.68. The van der Waals surface area contributed by atoms with Gasteiger partial charge in [0.1, 0.15) is 22.0 Å². The van der Waals surface area contributed by atoms with Gasteiger partial charge in [0.15, 0.2) is 0 Å². The van der Waals surface area contributed by atoms with Crippen LogP contribution < -0.4 is 9.86 Å². The Morgan fingerprint density at radius 2 is 1.50 bits per heavy atom. The molecule has 18 heavy (non-hydrogen) atoms. The molecule has 2 atom stereocenters. The summed E-state index contributed by atoms with van der Waals surface area (Å²) in [5.41, 5.74) is 0.514. The van der Waals surface area contributed by atoms with E-state index in [0.29, 0.717) is 15.5 Å². The first kappa shape index (κ1) is 12.9. The highest BCUT2D eigenvalue weighted by molar-refractivity contribution is 7.86. The molecule has 0 bridgehead atoms. The van der Waals surface area contributed by atoms with Gasteiger partial charge in [0, 0.05) is 0 Å². The van der Waals surface area contributed by atoms with Crippen LogP contribution in [-0.4, -0.2) is 8.42 Å². The number of benzene rings is 2. The van der Waals surface area contributed by atoms with Gasteiger partial charge in [0.2, 0.25) is 0 Å². The van der Waals surface area contributed by atoms with E-state index in [0.717, 1.165) is 0 Å². The summed E-state index contributed by atoms with van der Waals surface area (Å²) in [7, 11) is -3.01. The highest BCUT2D eigenvalue weighted by atomic mass is 32.2. The normalized spacial score (nSPS) is 13.8. The second-order valence-electron chi connectivity index (χ2n) is 3.48. The number of anilines is 1. The minimum absolute atomic E-state index is 0.432. The zero-order chi connectivity index (χ0) is 13.0. The second kappa shape index (κ2) is 5.90. The molecular formula is C12H12N2O2S2. The minimum atomic E-state index is -1.61. The van der Waals surface area contributed by atoms with Gasteiger partial charge < -0.3 is 0 Å². The van der Waals surface area contributed by atoms with Crippen molar-refractivity contribution in [3.05, 3.63) is 54.6 Å². The summed E-state index contributed by atoms with van der Waals surface area (Å²) in [4.78, 5) is 1.08. The van der Waals surface area contributed by atoms with Gasteiger partial charge in [0.05, 0.1) is 15.5 Å². The van der Waals surface area contributed by atoms with Gasteiger partial charge in [-0.1, -0.05) is 30.3 Å². The first-order valence-electron chi connectivity index (χ1n) is 5.17. The molecule has 2 aromatic carbocycles. The van der Waals surface area contributed by atoms with Crippen molar-refractivity contribution in [1.82, 2.24) is 0 Å². The lowest BCUT2D eigenvalue weighted by Crippen LogP contribution is -2.10. The summed E-state index contributed by atoms with van der Waals surface area (Å²) in [6.45, 7) is 0. The molecule has 2 aromatic rings. The van der Waals surface area contributed by atoms with Crippen LogP contribution in [0.15, 0.2) is 64.4 Å². The summed E-state index contributed by atoms with van der Waals surface area (Å²) in [6, 6.07) is 15.8. The van der Waals surface area contributed by atoms with Gasteiger partial charge in [-0.15, -0.1) is 0 Å². The largest absolute Gasteiger partial charge is 0.300 e. The molecule has 2 rings (SSSR count). The van der Waals surface area contributed by atoms with Crippen LogP contribution in [0, 0.1) is 0 Å². The minimum Gasteiger partial charge on any atom is -0.300 e. The van der Waals surface area contributed by atoms with E-state index in [-0.39, 0.29) is 0 Å². The molecule has 94 valence electrons. The Bertz CT molecular complexity index is 588. The Hall–Kier alpha value is -1.50. The molecule has 0 radical (unpaired) electrons. The molecule has 0 aliphatic heterocycles. The number of nitrogens with two attached hydrogens (primary N) is 1. The molecule has 6 heteroatoms. The molecule has 4 nitrogen and oxygen atoms in total. The van der Waals surface area contributed by atoms with Crippen molar-refractivity contribution in [3.8, 4) is 0 Å². The Kier molecular flexibility index (Phi) is 4.24. The SMILES string of the molecule is N[S@](=O)c1ccccc1NS(=O)c1ccccc1. The van der Waals surface area contributed by atoms with Crippen molar-refractivity contribution in [1.29, 1.82) is 0 Å². The van der Waals surface area contributed by atoms with Gasteiger partial charge in [-0.3, -0.25) is 4.72 Å². The highest BCUT2D eigenvalue weighted by Crippen LogP contribution is 2.19. The lowest BCUT2D eigenvalue weighted by Gasteiger charge is -2.09. The van der Waals surface area contributed by atoms with Crippen molar-refractivity contribution >= 4 is 27.7 Å². The molecule has 0 aromatic heterocycles. The van der Waals surface area contributed by atoms with E-state index in [1.165, 1.54) is 0 Å². The average molecular weight is 280 g/mol. The second-order valence-corrected chi connectivity index (χ2v) is 5.73. The van der Waals surface area contributed by atoms with E-state index in [1.807, 2.05) is 18.2 Å². The van der Waals surface area contributed by atoms with E-state index in [4.69, 9.17) is 5.14 Å². The van der Waals surface area contributed by atoms with Crippen LogP contribution in [0.4, 0.5) is 5.69 Å². The topological polar surface area (TPSA) is 72.2 Å². The standard InChI is InChI=1S/C12H12N2O2S2/c13-17(15)12-9-5-4-8-11(12)14-18(16)10-6-2-1-3-7-10/h1-9,14H,13H2/t17-,18?/m1/s1. The molecule has 0 saturated carbocycles. The lowest BCUT2D eigenvalue weighted by molar-refractivity contribution is 0.684. The quantitative estimate of drug-likeness (QED) is 0.896. The smallest absolute Gasteiger partial charge is 0.150 e. The Labute approximate surface area is 110 Å². The van der Waals surface area contributed by atoms with Crippen LogP contribution in [0.5, 0.6) is 0 Å². The number of para-hydroxylation sites is 1. The predicted octanol–water partition coefficient (Wildman–Crippen LogP) is 1.80. The molecule has 0 amide bonds. The number of nitrogens with one attached hydrogen (secondary N) is 1. The summed E-state index contributed by atoms with van der Waals surface area (Å²) in [5, 5.41) is 5.36. The van der Waals surface area contributed by atoms with Crippen molar-refractivity contribution in [2.24, 2.45) is 5.14 Å². The van der Waals surface area contributed by atoms with Crippen LogP contribution in [0.3, 0.4) is 0 Å². The maximum Gasteiger partial charge on any atom is 0.150 e. The summed E-state index contributed by atoms with van der Waals surface area (Å²) in [6.07, 6.45) is 0. The summed E-state index contributed by atoms with van der Waals surface area (Å²) in [5.74, 6) is 0. The van der Waals surface area contributed by atoms with E-state index < -0.39 is 22.0 Å². The van der Waals surface area contributed by atoms with E-state index in [2.05, 4.69) is 4.72 Å². The van der Waals surface area contributed by atoms with Crippen molar-refractivity contribution in [3.63, 3.8) is 0 Å². The third-order valence-electron chi connectivity index (χ3n) is 2.26. The van der Waals surface area contributed by atoms with Gasteiger partial charge >= 0.3 is 0 Å². The van der Waals surface area contributed by atoms with Crippen LogP contribution >= 0.6 is 0 Å². The van der Waals surface area contributed by atoms with Crippen LogP contribution in [-0.2, 0) is 22.0 Å². The monoisotopic (exact) mass is 280 g/mol. The maximum absolute atomic E-state index is 12.0. The average Bonchev–Trinajstić information content (AvgIpc) is 2.40. The molecule has 0 fully saturated rings. The van der Waals surface area contributed by atoms with Crippen molar-refractivity contribution < 1.29 is 8.42 Å². The molecule has 0 heterocycles. The fourth-order valence-electron chi connectivity index (χ4n) is 1.43. The van der Waals surface area contributed by atoms with Gasteiger partial charge in [0.25, 0.3) is 0 Å². The van der Waals surface area contributed by atoms with E-state index in [9.17, 15) is 8.42 Å². The molecule has 0 saturated heterocycles.